The van der Waals surface area contributed by atoms with Crippen LogP contribution in [0.1, 0.15) is 20.8 Å². The number of nitrogens with zero attached hydrogens (tertiary/aromatic N) is 1. The van der Waals surface area contributed by atoms with Crippen molar-refractivity contribution < 1.29 is 4.79 Å². The molecular formula is C6H13N2O. The summed E-state index contributed by atoms with van der Waals surface area (Å²) in [6.07, 6.45) is 0. The predicted octanol–water partition coefficient (Wildman–Crippen LogP) is 0.729. The van der Waals surface area contributed by atoms with E-state index in [1.54, 1.807) is 7.05 Å². The average Bonchev–Trinajstić information content (AvgIpc) is 1.62. The Kier molecular flexibility index (Phi) is 2.49. The van der Waals surface area contributed by atoms with E-state index < -0.39 is 0 Å². The molecule has 0 aromatic heterocycles. The van der Waals surface area contributed by atoms with Crippen LogP contribution in [0, 0.1) is 0 Å². The van der Waals surface area contributed by atoms with Crippen LogP contribution in [0.5, 0.6) is 0 Å². The van der Waals surface area contributed by atoms with Crippen LogP contribution in [0.25, 0.3) is 0 Å². The van der Waals surface area contributed by atoms with E-state index in [0.29, 0.717) is 0 Å². The standard InChI is InChI=1S/C6H13N2O/c1-6(2,3)8-5(9)7-4/h1-4H3,(H,7,9). The van der Waals surface area contributed by atoms with E-state index in [1.165, 1.54) is 0 Å². The van der Waals surface area contributed by atoms with Gasteiger partial charge in [-0.1, -0.05) is 0 Å². The first-order valence-electron chi connectivity index (χ1n) is 2.90. The Balaban J connectivity index is 3.60. The minimum absolute atomic E-state index is 0.262. The Hall–Kier alpha value is -0.730. The molecule has 0 atom stereocenters. The van der Waals surface area contributed by atoms with Gasteiger partial charge in [-0.3, -0.25) is 0 Å². The fourth-order valence-corrected chi connectivity index (χ4v) is 0.361. The molecule has 0 aromatic carbocycles. The smallest absolute Gasteiger partial charge is 0.336 e. The molecule has 0 spiro atoms. The van der Waals surface area contributed by atoms with Crippen LogP contribution >= 0.6 is 0 Å². The Labute approximate surface area is 55.8 Å². The summed E-state index contributed by atoms with van der Waals surface area (Å²) < 4.78 is 0. The van der Waals surface area contributed by atoms with Crippen molar-refractivity contribution in [3.63, 3.8) is 0 Å². The summed E-state index contributed by atoms with van der Waals surface area (Å²) in [5.41, 5.74) is -0.264. The van der Waals surface area contributed by atoms with Gasteiger partial charge in [-0.25, -0.2) is 10.1 Å². The molecule has 0 saturated heterocycles. The van der Waals surface area contributed by atoms with E-state index in [2.05, 4.69) is 10.6 Å². The Morgan fingerprint density at radius 1 is 1.44 bits per heavy atom. The van der Waals surface area contributed by atoms with Crippen molar-refractivity contribution in [1.82, 2.24) is 10.6 Å². The topological polar surface area (TPSA) is 43.2 Å². The third-order valence-electron chi connectivity index (χ3n) is 0.651. The van der Waals surface area contributed by atoms with E-state index >= 15 is 0 Å². The van der Waals surface area contributed by atoms with Crippen LogP contribution in [0.4, 0.5) is 4.79 Å². The molecule has 2 amide bonds. The number of carbonyl (C=O) groups is 1. The number of amides is 2. The number of hydrogen-bond donors (Lipinski definition) is 1. The molecule has 0 fully saturated rings. The summed E-state index contributed by atoms with van der Waals surface area (Å²) >= 11 is 0. The molecule has 0 aliphatic carbocycles. The van der Waals surface area contributed by atoms with Crippen molar-refractivity contribution >= 4 is 6.03 Å². The lowest BCUT2D eigenvalue weighted by Gasteiger charge is -2.15. The fraction of sp³-hybridized carbons (Fsp3) is 0.833. The van der Waals surface area contributed by atoms with Gasteiger partial charge in [0.1, 0.15) is 0 Å². The molecule has 53 valence electrons. The molecule has 0 rings (SSSR count). The van der Waals surface area contributed by atoms with Crippen LogP contribution in [-0.4, -0.2) is 18.6 Å². The lowest BCUT2D eigenvalue weighted by atomic mass is 10.1. The molecule has 0 aliphatic heterocycles. The molecular weight excluding hydrogens is 116 g/mol. The number of hydrogen-bond acceptors (Lipinski definition) is 1. The largest absolute Gasteiger partial charge is 0.340 e. The molecule has 0 unspecified atom stereocenters. The highest BCUT2D eigenvalue weighted by atomic mass is 16.2. The highest BCUT2D eigenvalue weighted by Crippen LogP contribution is 1.99. The van der Waals surface area contributed by atoms with Gasteiger partial charge in [0, 0.05) is 7.05 Å². The van der Waals surface area contributed by atoms with Gasteiger partial charge in [-0.2, -0.15) is 0 Å². The van der Waals surface area contributed by atoms with Gasteiger partial charge in [-0.15, -0.1) is 0 Å². The summed E-state index contributed by atoms with van der Waals surface area (Å²) in [6.45, 7) is 5.63. The molecule has 1 radical (unpaired) electrons. The summed E-state index contributed by atoms with van der Waals surface area (Å²) in [7, 11) is 1.57. The summed E-state index contributed by atoms with van der Waals surface area (Å²) in [5.74, 6) is 0. The molecule has 1 N–H and O–H groups in total. The molecule has 3 heteroatoms. The highest BCUT2D eigenvalue weighted by Gasteiger charge is 2.14. The van der Waals surface area contributed by atoms with Gasteiger partial charge in [0.2, 0.25) is 0 Å². The first-order valence-corrected chi connectivity index (χ1v) is 2.90. The lowest BCUT2D eigenvalue weighted by Crippen LogP contribution is -2.38. The van der Waals surface area contributed by atoms with E-state index in [-0.39, 0.29) is 11.6 Å². The van der Waals surface area contributed by atoms with Crippen LogP contribution in [0.3, 0.4) is 0 Å². The number of urea groups is 1. The zero-order chi connectivity index (χ0) is 7.49. The number of nitrogens with one attached hydrogen (secondary N) is 1. The van der Waals surface area contributed by atoms with Crippen molar-refractivity contribution in [3.05, 3.63) is 0 Å². The van der Waals surface area contributed by atoms with Gasteiger partial charge in [0.25, 0.3) is 0 Å². The molecule has 9 heavy (non-hydrogen) atoms. The third kappa shape index (κ3) is 5.14. The first-order chi connectivity index (χ1) is 3.95. The van der Waals surface area contributed by atoms with Crippen LogP contribution < -0.4 is 10.6 Å². The second-order valence-electron chi connectivity index (χ2n) is 2.84. The quantitative estimate of drug-likeness (QED) is 0.514. The molecule has 0 saturated carbocycles. The van der Waals surface area contributed by atoms with Crippen molar-refractivity contribution in [1.29, 1.82) is 0 Å². The molecule has 0 bridgehead atoms. The summed E-state index contributed by atoms with van der Waals surface area (Å²) in [6, 6.07) is -0.262. The van der Waals surface area contributed by atoms with Gasteiger partial charge < -0.3 is 5.32 Å². The highest BCUT2D eigenvalue weighted by molar-refractivity contribution is 5.73. The molecule has 0 heterocycles. The molecule has 3 nitrogen and oxygen atoms in total. The Morgan fingerprint density at radius 3 is 2.00 bits per heavy atom. The monoisotopic (exact) mass is 129 g/mol. The number of carbonyl (C=O) groups excluding carboxylic acids is 1. The third-order valence-corrected chi connectivity index (χ3v) is 0.651. The second kappa shape index (κ2) is 2.71. The lowest BCUT2D eigenvalue weighted by molar-refractivity contribution is 0.232. The van der Waals surface area contributed by atoms with E-state index in [1.807, 2.05) is 20.8 Å². The average molecular weight is 129 g/mol. The van der Waals surface area contributed by atoms with Crippen molar-refractivity contribution in [2.24, 2.45) is 0 Å². The van der Waals surface area contributed by atoms with Gasteiger partial charge in [0.15, 0.2) is 0 Å². The molecule has 0 aromatic rings. The maximum absolute atomic E-state index is 10.5. The first kappa shape index (κ1) is 8.27. The fourth-order valence-electron chi connectivity index (χ4n) is 0.361. The zero-order valence-electron chi connectivity index (χ0n) is 6.36. The van der Waals surface area contributed by atoms with Crippen molar-refractivity contribution in [2.45, 2.75) is 26.3 Å². The number of rotatable bonds is 0. The SMILES string of the molecule is CNC(=O)[N]C(C)(C)C. The minimum atomic E-state index is -0.264. The minimum Gasteiger partial charge on any atom is -0.340 e. The van der Waals surface area contributed by atoms with Crippen LogP contribution in [0.15, 0.2) is 0 Å². The Morgan fingerprint density at radius 2 is 1.89 bits per heavy atom. The summed E-state index contributed by atoms with van der Waals surface area (Å²) in [4.78, 5) is 10.5. The summed E-state index contributed by atoms with van der Waals surface area (Å²) in [5, 5.41) is 6.19. The van der Waals surface area contributed by atoms with Crippen LogP contribution in [0.2, 0.25) is 0 Å². The maximum Gasteiger partial charge on any atom is 0.336 e. The maximum atomic E-state index is 10.5. The van der Waals surface area contributed by atoms with Crippen molar-refractivity contribution in [3.8, 4) is 0 Å². The Bertz CT molecular complexity index is 104. The van der Waals surface area contributed by atoms with Gasteiger partial charge >= 0.3 is 6.03 Å². The van der Waals surface area contributed by atoms with Gasteiger partial charge in [-0.05, 0) is 20.8 Å². The second-order valence-corrected chi connectivity index (χ2v) is 2.84. The van der Waals surface area contributed by atoms with E-state index in [4.69, 9.17) is 0 Å². The van der Waals surface area contributed by atoms with Gasteiger partial charge in [0.05, 0.1) is 5.54 Å². The van der Waals surface area contributed by atoms with E-state index in [9.17, 15) is 4.79 Å². The zero-order valence-corrected chi connectivity index (χ0v) is 6.36. The predicted molar refractivity (Wildman–Crippen MR) is 36.3 cm³/mol. The molecule has 0 aliphatic rings. The normalized spacial score (nSPS) is 10.7. The van der Waals surface area contributed by atoms with Crippen molar-refractivity contribution in [2.75, 3.05) is 7.05 Å². The van der Waals surface area contributed by atoms with E-state index in [0.717, 1.165) is 0 Å². The van der Waals surface area contributed by atoms with Crippen LogP contribution in [-0.2, 0) is 0 Å².